The van der Waals surface area contributed by atoms with Crippen LogP contribution in [0.3, 0.4) is 0 Å². The Morgan fingerprint density at radius 3 is 1.53 bits per heavy atom. The molecular formula is C54H34S. The molecule has 0 aliphatic heterocycles. The molecule has 55 heavy (non-hydrogen) atoms. The van der Waals surface area contributed by atoms with E-state index in [0.29, 0.717) is 6.04 Å². The smallest absolute Gasteiger partial charge is 0.0623 e. The van der Waals surface area contributed by atoms with Gasteiger partial charge in [0.15, 0.2) is 0 Å². The molecule has 256 valence electrons. The predicted molar refractivity (Wildman–Crippen MR) is 239 cm³/mol. The zero-order chi connectivity index (χ0) is 37.2. The van der Waals surface area contributed by atoms with Crippen molar-refractivity contribution in [2.24, 2.45) is 0 Å². The molecule has 0 spiro atoms. The fraction of sp³-hybridized carbons (Fsp3) is 0. The minimum Gasteiger partial charge on any atom is -0.135 e. The SMILES string of the molecule is [2H]c1ccc2cc(-c3ccc(-c4c5ccccc5c(-c5ccc(-c6cccc7sc8cc(-c9ccccc9)ccc8c67)cc5)c5ccccc45)cc3)ccc2c1. The Morgan fingerprint density at radius 1 is 0.309 bits per heavy atom. The van der Waals surface area contributed by atoms with E-state index in [-0.39, 0.29) is 0 Å². The number of benzene rings is 10. The van der Waals surface area contributed by atoms with Crippen LogP contribution in [0.15, 0.2) is 206 Å². The molecule has 0 aliphatic carbocycles. The van der Waals surface area contributed by atoms with E-state index >= 15 is 0 Å². The molecule has 0 radical (unpaired) electrons. The first-order valence-electron chi connectivity index (χ1n) is 19.3. The average Bonchev–Trinajstić information content (AvgIpc) is 3.64. The van der Waals surface area contributed by atoms with E-state index in [1.807, 2.05) is 29.5 Å². The normalized spacial score (nSPS) is 11.9. The number of hydrogen-bond acceptors (Lipinski definition) is 1. The Bertz CT molecular complexity index is 3230. The standard InChI is InChI=1S/C54H34S/c1-2-11-35(12-3-1)43-31-32-49-51(34-43)55-50-20-10-19-44(54(49)50)38-24-28-40(29-25-38)53-47-17-8-6-15-45(47)52(46-16-7-9-18-48(46)53)39-26-21-37(22-27-39)42-30-23-36-13-4-5-14-41(36)33-42/h1-34H/i4D. The second kappa shape index (κ2) is 13.0. The lowest BCUT2D eigenvalue weighted by Crippen LogP contribution is -1.91. The molecule has 0 saturated heterocycles. The van der Waals surface area contributed by atoms with Crippen LogP contribution in [0.5, 0.6) is 0 Å². The molecule has 0 aliphatic rings. The predicted octanol–water partition coefficient (Wildman–Crippen LogP) is 15.8. The summed E-state index contributed by atoms with van der Waals surface area (Å²) in [5, 5.41) is 9.89. The van der Waals surface area contributed by atoms with Crippen molar-refractivity contribution in [1.82, 2.24) is 0 Å². The van der Waals surface area contributed by atoms with Crippen molar-refractivity contribution in [2.45, 2.75) is 0 Å². The molecule has 0 amide bonds. The van der Waals surface area contributed by atoms with Gasteiger partial charge in [-0.2, -0.15) is 0 Å². The molecule has 1 heterocycles. The maximum Gasteiger partial charge on any atom is 0.0623 e. The Balaban J connectivity index is 1.00. The van der Waals surface area contributed by atoms with Crippen LogP contribution < -0.4 is 0 Å². The Kier molecular flexibility index (Phi) is 7.21. The molecule has 11 rings (SSSR count). The quantitative estimate of drug-likeness (QED) is 0.156. The minimum absolute atomic E-state index is 0.538. The van der Waals surface area contributed by atoms with Gasteiger partial charge in [-0.15, -0.1) is 11.3 Å². The highest BCUT2D eigenvalue weighted by molar-refractivity contribution is 7.26. The van der Waals surface area contributed by atoms with Gasteiger partial charge < -0.3 is 0 Å². The summed E-state index contributed by atoms with van der Waals surface area (Å²) in [7, 11) is 0. The summed E-state index contributed by atoms with van der Waals surface area (Å²) in [6.45, 7) is 0. The van der Waals surface area contributed by atoms with Gasteiger partial charge in [0.05, 0.1) is 1.37 Å². The van der Waals surface area contributed by atoms with E-state index in [2.05, 4.69) is 182 Å². The van der Waals surface area contributed by atoms with E-state index in [4.69, 9.17) is 1.37 Å². The third-order valence-electron chi connectivity index (χ3n) is 11.2. The van der Waals surface area contributed by atoms with Crippen molar-refractivity contribution < 1.29 is 1.37 Å². The lowest BCUT2D eigenvalue weighted by atomic mass is 9.85. The van der Waals surface area contributed by atoms with E-state index in [1.165, 1.54) is 97.4 Å². The first-order valence-corrected chi connectivity index (χ1v) is 19.6. The van der Waals surface area contributed by atoms with E-state index in [1.54, 1.807) is 0 Å². The van der Waals surface area contributed by atoms with Crippen LogP contribution in [0.1, 0.15) is 1.37 Å². The van der Waals surface area contributed by atoms with Gasteiger partial charge in [-0.1, -0.05) is 188 Å². The zero-order valence-corrected chi connectivity index (χ0v) is 30.8. The lowest BCUT2D eigenvalue weighted by molar-refractivity contribution is 1.62. The van der Waals surface area contributed by atoms with Crippen molar-refractivity contribution in [2.75, 3.05) is 0 Å². The minimum atomic E-state index is 0.538. The first-order chi connectivity index (χ1) is 27.7. The van der Waals surface area contributed by atoms with Gasteiger partial charge in [0.25, 0.3) is 0 Å². The van der Waals surface area contributed by atoms with Crippen LogP contribution in [0.4, 0.5) is 0 Å². The molecule has 0 nitrogen and oxygen atoms in total. The van der Waals surface area contributed by atoms with Gasteiger partial charge >= 0.3 is 0 Å². The van der Waals surface area contributed by atoms with Gasteiger partial charge in [-0.3, -0.25) is 0 Å². The van der Waals surface area contributed by atoms with E-state index in [0.717, 1.165) is 10.8 Å². The Hall–Kier alpha value is -6.80. The topological polar surface area (TPSA) is 0 Å². The lowest BCUT2D eigenvalue weighted by Gasteiger charge is -2.18. The highest BCUT2D eigenvalue weighted by atomic mass is 32.1. The molecule has 0 bridgehead atoms. The van der Waals surface area contributed by atoms with Crippen molar-refractivity contribution in [1.29, 1.82) is 0 Å². The number of thiophene rings is 1. The van der Waals surface area contributed by atoms with E-state index < -0.39 is 0 Å². The van der Waals surface area contributed by atoms with Crippen molar-refractivity contribution in [3.8, 4) is 55.6 Å². The van der Waals surface area contributed by atoms with Crippen LogP contribution in [0.25, 0.3) is 108 Å². The molecule has 1 heteroatoms. The van der Waals surface area contributed by atoms with Gasteiger partial charge in [0.1, 0.15) is 0 Å². The maximum absolute atomic E-state index is 7.98. The van der Waals surface area contributed by atoms with E-state index in [9.17, 15) is 0 Å². The third-order valence-corrected chi connectivity index (χ3v) is 12.3. The number of rotatable bonds is 5. The molecule has 1 aromatic heterocycles. The largest absolute Gasteiger partial charge is 0.135 e. The molecule has 10 aromatic carbocycles. The van der Waals surface area contributed by atoms with Crippen molar-refractivity contribution in [3.63, 3.8) is 0 Å². The fourth-order valence-electron chi connectivity index (χ4n) is 8.58. The number of hydrogen-bond donors (Lipinski definition) is 0. The highest BCUT2D eigenvalue weighted by Crippen LogP contribution is 2.45. The first kappa shape index (κ1) is 30.6. The van der Waals surface area contributed by atoms with Crippen LogP contribution in [-0.4, -0.2) is 0 Å². The summed E-state index contributed by atoms with van der Waals surface area (Å²) >= 11 is 1.88. The fourth-order valence-corrected chi connectivity index (χ4v) is 9.75. The van der Waals surface area contributed by atoms with Crippen molar-refractivity contribution in [3.05, 3.63) is 206 Å². The average molecular weight is 716 g/mol. The summed E-state index contributed by atoms with van der Waals surface area (Å²) in [5.74, 6) is 0. The second-order valence-corrected chi connectivity index (χ2v) is 15.4. The highest BCUT2D eigenvalue weighted by Gasteiger charge is 2.18. The Labute approximate surface area is 325 Å². The number of fused-ring (bicyclic) bond motifs is 6. The molecule has 0 unspecified atom stereocenters. The summed E-state index contributed by atoms with van der Waals surface area (Å²) in [6.07, 6.45) is 0. The third kappa shape index (κ3) is 5.35. The molecule has 0 atom stereocenters. The molecule has 0 N–H and O–H groups in total. The summed E-state index contributed by atoms with van der Waals surface area (Å²) < 4.78 is 10.6. The molecule has 11 aromatic rings. The van der Waals surface area contributed by atoms with Crippen molar-refractivity contribution >= 4 is 63.8 Å². The van der Waals surface area contributed by atoms with Gasteiger partial charge in [0, 0.05) is 20.2 Å². The van der Waals surface area contributed by atoms with Crippen LogP contribution in [0, 0.1) is 0 Å². The van der Waals surface area contributed by atoms with Crippen LogP contribution >= 0.6 is 11.3 Å². The summed E-state index contributed by atoms with van der Waals surface area (Å²) in [5.41, 5.74) is 12.3. The molecule has 0 fully saturated rings. The summed E-state index contributed by atoms with van der Waals surface area (Å²) in [4.78, 5) is 0. The Morgan fingerprint density at radius 2 is 0.855 bits per heavy atom. The zero-order valence-electron chi connectivity index (χ0n) is 31.0. The van der Waals surface area contributed by atoms with Gasteiger partial charge in [-0.05, 0) is 106 Å². The molecular weight excluding hydrogens is 681 g/mol. The van der Waals surface area contributed by atoms with Gasteiger partial charge in [0.2, 0.25) is 0 Å². The van der Waals surface area contributed by atoms with Gasteiger partial charge in [-0.25, -0.2) is 0 Å². The van der Waals surface area contributed by atoms with Crippen LogP contribution in [-0.2, 0) is 0 Å². The summed E-state index contributed by atoms with van der Waals surface area (Å²) in [6, 6.07) is 73.2. The molecule has 0 saturated carbocycles. The van der Waals surface area contributed by atoms with Crippen LogP contribution in [0.2, 0.25) is 0 Å². The maximum atomic E-state index is 7.98. The monoisotopic (exact) mass is 715 g/mol. The second-order valence-electron chi connectivity index (χ2n) is 14.3.